The molecule has 0 saturated carbocycles. The molecule has 186 valence electrons. The molecule has 8 heteroatoms. The van der Waals surface area contributed by atoms with Crippen molar-refractivity contribution in [1.82, 2.24) is 9.80 Å². The summed E-state index contributed by atoms with van der Waals surface area (Å²) in [4.78, 5) is 45.1. The highest BCUT2D eigenvalue weighted by molar-refractivity contribution is 6.19. The fourth-order valence-electron chi connectivity index (χ4n) is 4.90. The Morgan fingerprint density at radius 2 is 1.66 bits per heavy atom. The molecule has 0 bridgehead atoms. The number of aryl methyl sites for hydroxylation is 1. The summed E-state index contributed by atoms with van der Waals surface area (Å²) in [5.74, 6) is -0.0480. The summed E-state index contributed by atoms with van der Waals surface area (Å²) in [5, 5.41) is 2.89. The second kappa shape index (κ2) is 9.90. The molecule has 2 fully saturated rings. The molecular formula is C27H33ClN4O3. The Hall–Kier alpha value is -3.06. The van der Waals surface area contributed by atoms with Gasteiger partial charge in [0, 0.05) is 30.3 Å². The van der Waals surface area contributed by atoms with Crippen LogP contribution in [-0.2, 0) is 14.4 Å². The average Bonchev–Trinajstić information content (AvgIpc) is 3.12. The third-order valence-corrected chi connectivity index (χ3v) is 7.71. The van der Waals surface area contributed by atoms with Crippen LogP contribution in [0.15, 0.2) is 54.6 Å². The van der Waals surface area contributed by atoms with Crippen LogP contribution in [-0.4, -0.2) is 65.2 Å². The Bertz CT molecular complexity index is 1080. The highest BCUT2D eigenvalue weighted by atomic mass is 35.5. The van der Waals surface area contributed by atoms with E-state index in [4.69, 9.17) is 11.6 Å². The largest absolute Gasteiger partial charge is 0.342 e. The molecule has 0 aliphatic carbocycles. The number of rotatable bonds is 6. The van der Waals surface area contributed by atoms with Gasteiger partial charge < -0.3 is 20.0 Å². The van der Waals surface area contributed by atoms with Crippen molar-refractivity contribution in [3.8, 4) is 0 Å². The summed E-state index contributed by atoms with van der Waals surface area (Å²) in [5.41, 5.74) is 1.31. The van der Waals surface area contributed by atoms with E-state index in [9.17, 15) is 14.4 Å². The van der Waals surface area contributed by atoms with E-state index < -0.39 is 11.0 Å². The minimum absolute atomic E-state index is 0.00777. The van der Waals surface area contributed by atoms with E-state index in [1.165, 1.54) is 0 Å². The quantitative estimate of drug-likeness (QED) is 0.616. The molecule has 0 radical (unpaired) electrons. The molecular weight excluding hydrogens is 464 g/mol. The number of carbonyl (C=O) groups excluding carboxylic acids is 3. The van der Waals surface area contributed by atoms with Crippen molar-refractivity contribution in [2.24, 2.45) is 5.41 Å². The molecule has 0 aromatic heterocycles. The van der Waals surface area contributed by atoms with Crippen molar-refractivity contribution in [3.05, 3.63) is 60.2 Å². The van der Waals surface area contributed by atoms with E-state index in [1.807, 2.05) is 80.3 Å². The zero-order chi connectivity index (χ0) is 25.2. The number of nitrogens with one attached hydrogen (secondary N) is 1. The highest BCUT2D eigenvalue weighted by Crippen LogP contribution is 2.40. The Morgan fingerprint density at radius 1 is 1.03 bits per heavy atom. The number of hydrogen-bond donors (Lipinski definition) is 1. The monoisotopic (exact) mass is 496 g/mol. The molecule has 2 aromatic rings. The number of amides is 3. The van der Waals surface area contributed by atoms with E-state index >= 15 is 0 Å². The molecule has 3 amide bonds. The molecule has 35 heavy (non-hydrogen) atoms. The van der Waals surface area contributed by atoms with Crippen LogP contribution in [0.4, 0.5) is 11.4 Å². The van der Waals surface area contributed by atoms with Gasteiger partial charge in [-0.05, 0) is 57.9 Å². The molecule has 1 spiro atoms. The van der Waals surface area contributed by atoms with Crippen LogP contribution in [0, 0.1) is 12.3 Å². The molecule has 2 aromatic carbocycles. The number of para-hydroxylation sites is 1. The Morgan fingerprint density at radius 3 is 2.26 bits per heavy atom. The molecule has 0 unspecified atom stereocenters. The maximum absolute atomic E-state index is 13.8. The number of halogens is 1. The first-order valence-electron chi connectivity index (χ1n) is 12.0. The van der Waals surface area contributed by atoms with E-state index in [2.05, 4.69) is 10.2 Å². The van der Waals surface area contributed by atoms with Gasteiger partial charge in [0.1, 0.15) is 12.1 Å². The number of carbonyl (C=O) groups is 3. The summed E-state index contributed by atoms with van der Waals surface area (Å²) in [7, 11) is 0. The topological polar surface area (TPSA) is 73.0 Å². The lowest BCUT2D eigenvalue weighted by Gasteiger charge is -2.44. The fraction of sp³-hybridized carbons (Fsp3) is 0.444. The van der Waals surface area contributed by atoms with Gasteiger partial charge in [0.15, 0.2) is 0 Å². The molecule has 2 aliphatic heterocycles. The lowest BCUT2D eigenvalue weighted by Crippen LogP contribution is -2.58. The van der Waals surface area contributed by atoms with Crippen LogP contribution >= 0.6 is 11.6 Å². The molecule has 2 saturated heterocycles. The van der Waals surface area contributed by atoms with Crippen molar-refractivity contribution in [1.29, 1.82) is 0 Å². The predicted octanol–water partition coefficient (Wildman–Crippen LogP) is 3.87. The number of benzene rings is 2. The van der Waals surface area contributed by atoms with Crippen LogP contribution < -0.4 is 10.2 Å². The molecule has 2 heterocycles. The second-order valence-electron chi connectivity index (χ2n) is 10.2. The van der Waals surface area contributed by atoms with Crippen molar-refractivity contribution >= 4 is 40.7 Å². The molecule has 1 N–H and O–H groups in total. The summed E-state index contributed by atoms with van der Waals surface area (Å²) in [6, 6.07) is 17.4. The normalized spacial score (nSPS) is 17.7. The predicted molar refractivity (Wildman–Crippen MR) is 138 cm³/mol. The average molecular weight is 497 g/mol. The van der Waals surface area contributed by atoms with Gasteiger partial charge in [-0.3, -0.25) is 14.4 Å². The first-order valence-corrected chi connectivity index (χ1v) is 12.5. The number of piperidine rings is 1. The zero-order valence-electron chi connectivity index (χ0n) is 20.6. The maximum atomic E-state index is 13.8. The summed E-state index contributed by atoms with van der Waals surface area (Å²) in [6.45, 7) is 6.91. The van der Waals surface area contributed by atoms with Gasteiger partial charge in [0.25, 0.3) is 5.91 Å². The highest BCUT2D eigenvalue weighted by Gasteiger charge is 2.54. The van der Waals surface area contributed by atoms with Gasteiger partial charge in [-0.2, -0.15) is 0 Å². The van der Waals surface area contributed by atoms with Crippen molar-refractivity contribution in [2.45, 2.75) is 39.2 Å². The SMILES string of the molecule is Cc1ccc(NC(=O)CN2CN(c3ccccc3)C3(CCN(C(=O)C(C)(C)CCl)CC3)C2=O)cc1. The summed E-state index contributed by atoms with van der Waals surface area (Å²) < 4.78 is 0. The van der Waals surface area contributed by atoms with E-state index in [0.717, 1.165) is 11.3 Å². The zero-order valence-corrected chi connectivity index (χ0v) is 21.3. The summed E-state index contributed by atoms with van der Waals surface area (Å²) >= 11 is 6.03. The first kappa shape index (κ1) is 25.0. The van der Waals surface area contributed by atoms with Crippen LogP contribution in [0.25, 0.3) is 0 Å². The molecule has 7 nitrogen and oxygen atoms in total. The number of alkyl halides is 1. The smallest absolute Gasteiger partial charge is 0.250 e. The van der Waals surface area contributed by atoms with Crippen LogP contribution in [0.3, 0.4) is 0 Å². The lowest BCUT2D eigenvalue weighted by atomic mass is 9.84. The second-order valence-corrected chi connectivity index (χ2v) is 10.4. The van der Waals surface area contributed by atoms with Gasteiger partial charge in [-0.25, -0.2) is 0 Å². The van der Waals surface area contributed by atoms with Crippen LogP contribution in [0.5, 0.6) is 0 Å². The van der Waals surface area contributed by atoms with Crippen molar-refractivity contribution in [3.63, 3.8) is 0 Å². The Labute approximate surface area is 212 Å². The maximum Gasteiger partial charge on any atom is 0.250 e. The number of nitrogens with zero attached hydrogens (tertiary/aromatic N) is 3. The van der Waals surface area contributed by atoms with Gasteiger partial charge in [-0.1, -0.05) is 35.9 Å². The van der Waals surface area contributed by atoms with Crippen molar-refractivity contribution < 1.29 is 14.4 Å². The van der Waals surface area contributed by atoms with Gasteiger partial charge in [-0.15, -0.1) is 11.6 Å². The minimum atomic E-state index is -0.784. The Kier molecular flexibility index (Phi) is 7.08. The number of anilines is 2. The summed E-state index contributed by atoms with van der Waals surface area (Å²) in [6.07, 6.45) is 1.00. The van der Waals surface area contributed by atoms with Gasteiger partial charge in [0.2, 0.25) is 11.8 Å². The van der Waals surface area contributed by atoms with Gasteiger partial charge in [0.05, 0.1) is 12.1 Å². The van der Waals surface area contributed by atoms with Gasteiger partial charge >= 0.3 is 0 Å². The standard InChI is InChI=1S/C27H33ClN4O3/c1-20-9-11-21(12-10-20)29-23(33)17-31-19-32(22-7-5-4-6-8-22)27(25(31)35)13-15-30(16-14-27)24(34)26(2,3)18-28/h4-12H,13-19H2,1-3H3,(H,29,33). The van der Waals surface area contributed by atoms with Crippen LogP contribution in [0.2, 0.25) is 0 Å². The van der Waals surface area contributed by atoms with E-state index in [-0.39, 0.29) is 30.1 Å². The van der Waals surface area contributed by atoms with Crippen LogP contribution in [0.1, 0.15) is 32.3 Å². The Balaban J connectivity index is 1.52. The lowest BCUT2D eigenvalue weighted by molar-refractivity contribution is -0.143. The molecule has 2 aliphatic rings. The molecule has 4 rings (SSSR count). The number of hydrogen-bond acceptors (Lipinski definition) is 4. The first-order chi connectivity index (χ1) is 16.7. The molecule has 0 atom stereocenters. The minimum Gasteiger partial charge on any atom is -0.342 e. The third kappa shape index (κ3) is 5.01. The fourth-order valence-corrected chi connectivity index (χ4v) is 5.01. The van der Waals surface area contributed by atoms with Crippen molar-refractivity contribution in [2.75, 3.05) is 42.4 Å². The van der Waals surface area contributed by atoms with E-state index in [1.54, 1.807) is 4.90 Å². The van der Waals surface area contributed by atoms with E-state index in [0.29, 0.717) is 38.3 Å². The number of likely N-dealkylation sites (tertiary alicyclic amines) is 1. The third-order valence-electron chi connectivity index (χ3n) is 7.04.